The molecule has 1 fully saturated rings. The third kappa shape index (κ3) is 3.72. The zero-order valence-corrected chi connectivity index (χ0v) is 14.2. The predicted molar refractivity (Wildman–Crippen MR) is 78.8 cm³/mol. The molecule has 2 rings (SSSR count). The highest BCUT2D eigenvalue weighted by atomic mass is 79.9. The number of nitrogens with zero attached hydrogens (tertiary/aromatic N) is 4. The minimum atomic E-state index is -1.20. The highest BCUT2D eigenvalue weighted by Crippen LogP contribution is 2.28. The topological polar surface area (TPSA) is 60.2 Å². The molecule has 0 saturated carbocycles. The number of hydrogen-bond acceptors (Lipinski definition) is 4. The normalized spacial score (nSPS) is 23.2. The Morgan fingerprint density at radius 3 is 2.62 bits per heavy atom. The molecule has 1 aromatic rings. The Labute approximate surface area is 131 Å². The Kier molecular flexibility index (Phi) is 4.55. The van der Waals surface area contributed by atoms with Crippen LogP contribution in [-0.4, -0.2) is 50.8 Å². The monoisotopic (exact) mass is 362 g/mol. The fourth-order valence-corrected chi connectivity index (χ4v) is 2.55. The van der Waals surface area contributed by atoms with Gasteiger partial charge in [-0.1, -0.05) is 5.21 Å². The van der Waals surface area contributed by atoms with Crippen molar-refractivity contribution in [2.75, 3.05) is 13.1 Å². The summed E-state index contributed by atoms with van der Waals surface area (Å²) in [7, 11) is 0. The largest absolute Gasteiger partial charge is 0.444 e. The SMILES string of the molecule is Cc1c(Br)nnn1[C@H]1CCN(C(=O)OC(C)(C)C)C[C@H]1F. The van der Waals surface area contributed by atoms with Crippen LogP contribution in [0.2, 0.25) is 0 Å². The molecule has 2 heterocycles. The van der Waals surface area contributed by atoms with E-state index in [4.69, 9.17) is 4.74 Å². The second-order valence-corrected chi connectivity index (χ2v) is 6.96. The van der Waals surface area contributed by atoms with Crippen molar-refractivity contribution in [2.45, 2.75) is 51.9 Å². The first kappa shape index (κ1) is 16.2. The van der Waals surface area contributed by atoms with Gasteiger partial charge >= 0.3 is 6.09 Å². The molecule has 21 heavy (non-hydrogen) atoms. The summed E-state index contributed by atoms with van der Waals surface area (Å²) in [4.78, 5) is 13.4. The molecular weight excluding hydrogens is 343 g/mol. The lowest BCUT2D eigenvalue weighted by atomic mass is 10.0. The molecule has 0 aromatic carbocycles. The summed E-state index contributed by atoms with van der Waals surface area (Å²) in [5.41, 5.74) is 0.209. The summed E-state index contributed by atoms with van der Waals surface area (Å²) in [5.74, 6) is 0. The lowest BCUT2D eigenvalue weighted by molar-refractivity contribution is 0.00546. The van der Waals surface area contributed by atoms with Gasteiger partial charge in [0.05, 0.1) is 18.3 Å². The van der Waals surface area contributed by atoms with Gasteiger partial charge in [0.1, 0.15) is 11.8 Å². The van der Waals surface area contributed by atoms with Crippen molar-refractivity contribution in [3.8, 4) is 0 Å². The van der Waals surface area contributed by atoms with Gasteiger partial charge in [-0.25, -0.2) is 13.9 Å². The molecular formula is C13H20BrFN4O2. The van der Waals surface area contributed by atoms with Crippen LogP contribution in [0.3, 0.4) is 0 Å². The van der Waals surface area contributed by atoms with E-state index in [0.29, 0.717) is 17.6 Å². The van der Waals surface area contributed by atoms with Crippen LogP contribution in [0.1, 0.15) is 38.9 Å². The molecule has 1 aromatic heterocycles. The lowest BCUT2D eigenvalue weighted by Gasteiger charge is -2.35. The number of rotatable bonds is 1. The first-order valence-corrected chi connectivity index (χ1v) is 7.67. The molecule has 1 amide bonds. The highest BCUT2D eigenvalue weighted by molar-refractivity contribution is 9.10. The molecule has 1 aliphatic heterocycles. The van der Waals surface area contributed by atoms with Gasteiger partial charge < -0.3 is 9.64 Å². The quantitative estimate of drug-likeness (QED) is 0.770. The molecule has 8 heteroatoms. The molecule has 2 atom stereocenters. The molecule has 0 radical (unpaired) electrons. The summed E-state index contributed by atoms with van der Waals surface area (Å²) in [6, 6.07) is -0.400. The fraction of sp³-hybridized carbons (Fsp3) is 0.769. The predicted octanol–water partition coefficient (Wildman–Crippen LogP) is 2.87. The number of amides is 1. The Morgan fingerprint density at radius 1 is 1.48 bits per heavy atom. The molecule has 0 bridgehead atoms. The van der Waals surface area contributed by atoms with Crippen molar-refractivity contribution >= 4 is 22.0 Å². The van der Waals surface area contributed by atoms with Gasteiger partial charge in [0.15, 0.2) is 4.60 Å². The van der Waals surface area contributed by atoms with Crippen LogP contribution in [0.25, 0.3) is 0 Å². The van der Waals surface area contributed by atoms with E-state index >= 15 is 0 Å². The van der Waals surface area contributed by atoms with Gasteiger partial charge in [0.2, 0.25) is 0 Å². The first-order chi connectivity index (χ1) is 9.69. The van der Waals surface area contributed by atoms with Gasteiger partial charge in [-0.2, -0.15) is 0 Å². The lowest BCUT2D eigenvalue weighted by Crippen LogP contribution is -2.47. The van der Waals surface area contributed by atoms with Crippen molar-refractivity contribution in [2.24, 2.45) is 0 Å². The maximum atomic E-state index is 14.4. The second-order valence-electron chi connectivity index (χ2n) is 6.21. The van der Waals surface area contributed by atoms with Crippen LogP contribution < -0.4 is 0 Å². The van der Waals surface area contributed by atoms with Gasteiger partial charge in [0, 0.05) is 6.54 Å². The maximum Gasteiger partial charge on any atom is 0.410 e. The number of likely N-dealkylation sites (tertiary alicyclic amines) is 1. The number of aromatic nitrogens is 3. The number of halogens is 2. The van der Waals surface area contributed by atoms with Crippen LogP contribution in [0.5, 0.6) is 0 Å². The van der Waals surface area contributed by atoms with Crippen LogP contribution in [-0.2, 0) is 4.74 Å². The van der Waals surface area contributed by atoms with E-state index in [1.165, 1.54) is 4.90 Å². The van der Waals surface area contributed by atoms with E-state index in [-0.39, 0.29) is 6.54 Å². The minimum Gasteiger partial charge on any atom is -0.444 e. The van der Waals surface area contributed by atoms with E-state index in [0.717, 1.165) is 5.69 Å². The van der Waals surface area contributed by atoms with Gasteiger partial charge in [0.25, 0.3) is 0 Å². The van der Waals surface area contributed by atoms with E-state index in [9.17, 15) is 9.18 Å². The molecule has 118 valence electrons. The molecule has 1 saturated heterocycles. The van der Waals surface area contributed by atoms with Gasteiger partial charge in [-0.05, 0) is 50.0 Å². The summed E-state index contributed by atoms with van der Waals surface area (Å²) >= 11 is 3.27. The Bertz CT molecular complexity index is 529. The number of ether oxygens (including phenoxy) is 1. The third-order valence-corrected chi connectivity index (χ3v) is 4.08. The number of hydrogen-bond donors (Lipinski definition) is 0. The molecule has 0 unspecified atom stereocenters. The number of alkyl halides is 1. The number of piperidine rings is 1. The number of carbonyl (C=O) groups excluding carboxylic acids is 1. The average molecular weight is 363 g/mol. The van der Waals surface area contributed by atoms with E-state index in [1.54, 1.807) is 25.5 Å². The van der Waals surface area contributed by atoms with Crippen molar-refractivity contribution in [1.29, 1.82) is 0 Å². The van der Waals surface area contributed by atoms with Crippen molar-refractivity contribution in [3.05, 3.63) is 10.3 Å². The van der Waals surface area contributed by atoms with Crippen LogP contribution in [0.15, 0.2) is 4.60 Å². The van der Waals surface area contributed by atoms with Crippen LogP contribution in [0.4, 0.5) is 9.18 Å². The molecule has 0 N–H and O–H groups in total. The number of carbonyl (C=O) groups is 1. The molecule has 0 spiro atoms. The van der Waals surface area contributed by atoms with Gasteiger partial charge in [-0.15, -0.1) is 5.10 Å². The Hall–Kier alpha value is -1.18. The summed E-state index contributed by atoms with van der Waals surface area (Å²) in [6.45, 7) is 7.66. The Morgan fingerprint density at radius 2 is 2.14 bits per heavy atom. The Balaban J connectivity index is 2.02. The highest BCUT2D eigenvalue weighted by Gasteiger charge is 2.35. The third-order valence-electron chi connectivity index (χ3n) is 3.34. The molecule has 6 nitrogen and oxygen atoms in total. The zero-order chi connectivity index (χ0) is 15.8. The summed E-state index contributed by atoms with van der Waals surface area (Å²) < 4.78 is 21.9. The molecule has 1 aliphatic rings. The van der Waals surface area contributed by atoms with Gasteiger partial charge in [-0.3, -0.25) is 0 Å². The van der Waals surface area contributed by atoms with Crippen LogP contribution >= 0.6 is 15.9 Å². The summed E-state index contributed by atoms with van der Waals surface area (Å²) in [5, 5.41) is 7.85. The van der Waals surface area contributed by atoms with Crippen LogP contribution in [0, 0.1) is 6.92 Å². The minimum absolute atomic E-state index is 0.0104. The zero-order valence-electron chi connectivity index (χ0n) is 12.6. The average Bonchev–Trinajstić information content (AvgIpc) is 2.68. The first-order valence-electron chi connectivity index (χ1n) is 6.88. The van der Waals surface area contributed by atoms with E-state index in [1.807, 2.05) is 6.92 Å². The van der Waals surface area contributed by atoms with Crippen molar-refractivity contribution < 1.29 is 13.9 Å². The van der Waals surface area contributed by atoms with Crippen molar-refractivity contribution in [1.82, 2.24) is 19.9 Å². The van der Waals surface area contributed by atoms with Crippen molar-refractivity contribution in [3.63, 3.8) is 0 Å². The standard InChI is InChI=1S/C13H20BrFN4O2/c1-8-11(14)16-17-19(8)10-5-6-18(7-9(10)15)12(20)21-13(2,3)4/h9-10H,5-7H2,1-4H3/t9-,10+/m1/s1. The second kappa shape index (κ2) is 5.90. The molecule has 0 aliphatic carbocycles. The van der Waals surface area contributed by atoms with E-state index < -0.39 is 23.9 Å². The maximum absolute atomic E-state index is 14.4. The fourth-order valence-electron chi connectivity index (χ4n) is 2.30. The van der Waals surface area contributed by atoms with E-state index in [2.05, 4.69) is 26.2 Å². The smallest absolute Gasteiger partial charge is 0.410 e. The summed E-state index contributed by atoms with van der Waals surface area (Å²) in [6.07, 6.45) is -1.18.